The van der Waals surface area contributed by atoms with Gasteiger partial charge in [-0.15, -0.1) is 0 Å². The fraction of sp³-hybridized carbons (Fsp3) is 0.417. The third kappa shape index (κ3) is 3.71. The number of carbonyl (C=O) groups is 1. The van der Waals surface area contributed by atoms with Crippen LogP contribution in [-0.4, -0.2) is 35.8 Å². The summed E-state index contributed by atoms with van der Waals surface area (Å²) in [4.78, 5) is 14.6. The van der Waals surface area contributed by atoms with Crippen LogP contribution in [0.3, 0.4) is 0 Å². The van der Waals surface area contributed by atoms with Gasteiger partial charge in [-0.2, -0.15) is 5.26 Å². The molecule has 1 unspecified atom stereocenters. The maximum absolute atomic E-state index is 10.6. The molecule has 1 heterocycles. The fourth-order valence-electron chi connectivity index (χ4n) is 1.48. The van der Waals surface area contributed by atoms with Crippen LogP contribution in [0.2, 0.25) is 0 Å². The molecule has 0 aliphatic carbocycles. The average Bonchev–Trinajstić information content (AvgIpc) is 2.34. The molecule has 0 radical (unpaired) electrons. The van der Waals surface area contributed by atoms with Crippen molar-refractivity contribution in [1.82, 2.24) is 4.98 Å². The summed E-state index contributed by atoms with van der Waals surface area (Å²) in [5.41, 5.74) is 1.28. The number of hydrogen-bond acceptors (Lipinski definition) is 5. The van der Waals surface area contributed by atoms with Gasteiger partial charge in [-0.05, 0) is 18.6 Å². The van der Waals surface area contributed by atoms with Crippen molar-refractivity contribution in [2.75, 3.05) is 19.0 Å². The lowest BCUT2D eigenvalue weighted by Crippen LogP contribution is -2.25. The highest BCUT2D eigenvalue weighted by Crippen LogP contribution is 2.15. The Bertz CT molecular complexity index is 468. The molecule has 1 aromatic rings. The van der Waals surface area contributed by atoms with Gasteiger partial charge in [0.2, 0.25) is 0 Å². The first kappa shape index (κ1) is 13.9. The Kier molecular flexibility index (Phi) is 5.08. The first-order valence-corrected chi connectivity index (χ1v) is 5.42. The number of nitriles is 1. The maximum Gasteiger partial charge on any atom is 0.306 e. The third-order valence-corrected chi connectivity index (χ3v) is 2.50. The van der Waals surface area contributed by atoms with Gasteiger partial charge in [0.15, 0.2) is 0 Å². The van der Waals surface area contributed by atoms with Crippen LogP contribution in [0.1, 0.15) is 17.5 Å². The second-order valence-corrected chi connectivity index (χ2v) is 3.80. The Morgan fingerprint density at radius 2 is 2.44 bits per heavy atom. The highest BCUT2D eigenvalue weighted by atomic mass is 16.5. The number of pyridine rings is 1. The van der Waals surface area contributed by atoms with Crippen LogP contribution in [0.4, 0.5) is 5.82 Å². The molecule has 0 spiro atoms. The van der Waals surface area contributed by atoms with E-state index in [4.69, 9.17) is 15.1 Å². The Morgan fingerprint density at radius 3 is 3.00 bits per heavy atom. The lowest BCUT2D eigenvalue weighted by Gasteiger charge is -2.15. The van der Waals surface area contributed by atoms with Gasteiger partial charge in [-0.1, -0.05) is 0 Å². The summed E-state index contributed by atoms with van der Waals surface area (Å²) >= 11 is 0. The molecule has 0 saturated heterocycles. The predicted molar refractivity (Wildman–Crippen MR) is 65.2 cm³/mol. The molecule has 1 rings (SSSR count). The topological polar surface area (TPSA) is 95.2 Å². The molecule has 1 atom stereocenters. The quantitative estimate of drug-likeness (QED) is 0.785. The fourth-order valence-corrected chi connectivity index (χ4v) is 1.48. The van der Waals surface area contributed by atoms with Crippen LogP contribution >= 0.6 is 0 Å². The van der Waals surface area contributed by atoms with Crippen molar-refractivity contribution in [3.63, 3.8) is 0 Å². The highest BCUT2D eigenvalue weighted by Gasteiger charge is 2.13. The van der Waals surface area contributed by atoms with Gasteiger partial charge in [-0.3, -0.25) is 4.79 Å². The zero-order valence-corrected chi connectivity index (χ0v) is 10.3. The molecule has 0 aliphatic heterocycles. The minimum absolute atomic E-state index is 0.1000. The van der Waals surface area contributed by atoms with E-state index in [1.165, 1.54) is 7.11 Å². The van der Waals surface area contributed by atoms with Crippen LogP contribution in [-0.2, 0) is 9.53 Å². The Morgan fingerprint density at radius 1 is 1.72 bits per heavy atom. The van der Waals surface area contributed by atoms with E-state index in [1.54, 1.807) is 12.3 Å². The lowest BCUT2D eigenvalue weighted by atomic mass is 10.1. The van der Waals surface area contributed by atoms with Gasteiger partial charge in [-0.25, -0.2) is 4.98 Å². The monoisotopic (exact) mass is 249 g/mol. The first-order valence-electron chi connectivity index (χ1n) is 5.42. The van der Waals surface area contributed by atoms with Crippen LogP contribution in [0.15, 0.2) is 12.3 Å². The Balaban J connectivity index is 2.71. The number of ether oxygens (including phenoxy) is 1. The minimum atomic E-state index is -0.929. The Labute approximate surface area is 105 Å². The van der Waals surface area contributed by atoms with Crippen molar-refractivity contribution < 1.29 is 14.6 Å². The number of rotatable bonds is 6. The molecule has 0 aromatic carbocycles. The number of aromatic nitrogens is 1. The summed E-state index contributed by atoms with van der Waals surface area (Å²) in [6.45, 7) is 2.10. The van der Waals surface area contributed by atoms with E-state index in [2.05, 4.69) is 16.4 Å². The second-order valence-electron chi connectivity index (χ2n) is 3.80. The number of carboxylic acids is 1. The number of nitrogens with one attached hydrogen (secondary N) is 1. The summed E-state index contributed by atoms with van der Waals surface area (Å²) < 4.78 is 5.03. The first-order chi connectivity index (χ1) is 8.58. The normalized spacial score (nSPS) is 11.6. The molecule has 0 bridgehead atoms. The van der Waals surface area contributed by atoms with E-state index in [1.807, 2.05) is 6.92 Å². The van der Waals surface area contributed by atoms with Crippen molar-refractivity contribution >= 4 is 11.8 Å². The number of aliphatic carboxylic acids is 1. The van der Waals surface area contributed by atoms with Gasteiger partial charge in [0, 0.05) is 19.9 Å². The third-order valence-electron chi connectivity index (χ3n) is 2.50. The summed E-state index contributed by atoms with van der Waals surface area (Å²) in [5, 5.41) is 20.6. The lowest BCUT2D eigenvalue weighted by molar-refractivity contribution is -0.139. The maximum atomic E-state index is 10.6. The Hall–Kier alpha value is -2.13. The van der Waals surface area contributed by atoms with Crippen LogP contribution in [0.25, 0.3) is 0 Å². The average molecular weight is 249 g/mol. The van der Waals surface area contributed by atoms with Gasteiger partial charge >= 0.3 is 5.97 Å². The van der Waals surface area contributed by atoms with Crippen molar-refractivity contribution in [1.29, 1.82) is 5.26 Å². The summed E-state index contributed by atoms with van der Waals surface area (Å²) in [6, 6.07) is 3.81. The van der Waals surface area contributed by atoms with Crippen LogP contribution < -0.4 is 5.32 Å². The molecule has 96 valence electrons. The SMILES string of the molecule is COC(CNc1nccc(C)c1C#N)CC(=O)O. The number of methoxy groups -OCH3 is 1. The molecule has 2 N–H and O–H groups in total. The van der Waals surface area contributed by atoms with Crippen LogP contribution in [0, 0.1) is 18.3 Å². The molecule has 18 heavy (non-hydrogen) atoms. The molecule has 6 heteroatoms. The standard InChI is InChI=1S/C12H15N3O3/c1-8-3-4-14-12(10(8)6-13)15-7-9(18-2)5-11(16)17/h3-4,9H,5,7H2,1-2H3,(H,14,15)(H,16,17). The van der Waals surface area contributed by atoms with Gasteiger partial charge in [0.1, 0.15) is 11.9 Å². The van der Waals surface area contributed by atoms with Gasteiger partial charge in [0.25, 0.3) is 0 Å². The zero-order valence-electron chi connectivity index (χ0n) is 10.3. The number of anilines is 1. The van der Waals surface area contributed by atoms with Crippen molar-refractivity contribution in [2.45, 2.75) is 19.4 Å². The second kappa shape index (κ2) is 6.57. The molecule has 0 fully saturated rings. The van der Waals surface area contributed by atoms with E-state index in [-0.39, 0.29) is 13.0 Å². The minimum Gasteiger partial charge on any atom is -0.481 e. The largest absolute Gasteiger partial charge is 0.481 e. The molecular formula is C12H15N3O3. The smallest absolute Gasteiger partial charge is 0.306 e. The molecular weight excluding hydrogens is 234 g/mol. The van der Waals surface area contributed by atoms with E-state index >= 15 is 0 Å². The highest BCUT2D eigenvalue weighted by molar-refractivity contribution is 5.67. The summed E-state index contributed by atoms with van der Waals surface area (Å²) in [6.07, 6.45) is 1.03. The summed E-state index contributed by atoms with van der Waals surface area (Å²) in [5.74, 6) is -0.480. The predicted octanol–water partition coefficient (Wildman–Crippen LogP) is 1.16. The van der Waals surface area contributed by atoms with Gasteiger partial charge in [0.05, 0.1) is 18.1 Å². The molecule has 6 nitrogen and oxygen atoms in total. The van der Waals surface area contributed by atoms with E-state index in [0.717, 1.165) is 5.56 Å². The molecule has 0 saturated carbocycles. The summed E-state index contributed by atoms with van der Waals surface area (Å²) in [7, 11) is 1.45. The number of aryl methyl sites for hydroxylation is 1. The number of hydrogen-bond donors (Lipinski definition) is 2. The molecule has 1 aromatic heterocycles. The van der Waals surface area contributed by atoms with Crippen molar-refractivity contribution in [2.24, 2.45) is 0 Å². The van der Waals surface area contributed by atoms with Gasteiger partial charge < -0.3 is 15.2 Å². The van der Waals surface area contributed by atoms with E-state index in [9.17, 15) is 4.79 Å². The van der Waals surface area contributed by atoms with E-state index < -0.39 is 12.1 Å². The van der Waals surface area contributed by atoms with E-state index in [0.29, 0.717) is 11.4 Å². The number of carboxylic acid groups (broad SMARTS) is 1. The molecule has 0 aliphatic rings. The van der Waals surface area contributed by atoms with Crippen molar-refractivity contribution in [3.05, 3.63) is 23.4 Å². The van der Waals surface area contributed by atoms with Crippen molar-refractivity contribution in [3.8, 4) is 6.07 Å². The number of nitrogens with zero attached hydrogens (tertiary/aromatic N) is 2. The molecule has 0 amide bonds. The zero-order chi connectivity index (χ0) is 13.5. The van der Waals surface area contributed by atoms with Crippen LogP contribution in [0.5, 0.6) is 0 Å².